The van der Waals surface area contributed by atoms with Gasteiger partial charge >= 0.3 is 6.18 Å². The summed E-state index contributed by atoms with van der Waals surface area (Å²) in [6.07, 6.45) is 1.02. The van der Waals surface area contributed by atoms with Crippen molar-refractivity contribution in [2.24, 2.45) is 0 Å². The number of carbonyl (C=O) groups is 2. The quantitative estimate of drug-likeness (QED) is 0.215. The standard InChI is InChI=1S/C24H17Cl2F3N6O2S/c1-12(8-17(36)20-19(26)21(33-11-32-20)34-13-4-6-30-7-5-13)23-31-10-18(38-23)22(37)35-14-2-3-16(25)15(9-14)24(27,28)29/h2-7,9-12H,8H2,1H3,(H,35,37)(H,30,32,33,34)/t12-/m0/s1. The molecule has 3 aromatic heterocycles. The zero-order valence-corrected chi connectivity index (χ0v) is 21.7. The Morgan fingerprint density at radius 1 is 1.05 bits per heavy atom. The van der Waals surface area contributed by atoms with E-state index in [2.05, 4.69) is 30.6 Å². The van der Waals surface area contributed by atoms with Gasteiger partial charge in [0, 0.05) is 36.1 Å². The number of rotatable bonds is 8. The Labute approximate surface area is 228 Å². The number of thiazole rings is 1. The lowest BCUT2D eigenvalue weighted by Gasteiger charge is -2.11. The number of nitrogens with zero attached hydrogens (tertiary/aromatic N) is 4. The van der Waals surface area contributed by atoms with E-state index in [0.29, 0.717) is 10.7 Å². The van der Waals surface area contributed by atoms with Gasteiger partial charge in [0.25, 0.3) is 5.91 Å². The Balaban J connectivity index is 1.43. The van der Waals surface area contributed by atoms with Crippen LogP contribution < -0.4 is 10.6 Å². The van der Waals surface area contributed by atoms with E-state index in [9.17, 15) is 22.8 Å². The van der Waals surface area contributed by atoms with E-state index < -0.39 is 28.6 Å². The molecule has 0 aliphatic heterocycles. The van der Waals surface area contributed by atoms with Crippen molar-refractivity contribution in [2.45, 2.75) is 25.4 Å². The van der Waals surface area contributed by atoms with E-state index >= 15 is 0 Å². The molecule has 196 valence electrons. The average molecular weight is 581 g/mol. The van der Waals surface area contributed by atoms with Crippen molar-refractivity contribution in [2.75, 3.05) is 10.6 Å². The van der Waals surface area contributed by atoms with Gasteiger partial charge in [-0.3, -0.25) is 14.6 Å². The molecular weight excluding hydrogens is 564 g/mol. The minimum Gasteiger partial charge on any atom is -0.339 e. The van der Waals surface area contributed by atoms with E-state index in [1.807, 2.05) is 0 Å². The van der Waals surface area contributed by atoms with E-state index in [1.165, 1.54) is 18.6 Å². The van der Waals surface area contributed by atoms with Crippen molar-refractivity contribution in [1.29, 1.82) is 0 Å². The molecule has 0 fully saturated rings. The first-order valence-corrected chi connectivity index (χ1v) is 12.4. The predicted molar refractivity (Wildman–Crippen MR) is 138 cm³/mol. The smallest absolute Gasteiger partial charge is 0.339 e. The fourth-order valence-electron chi connectivity index (χ4n) is 3.32. The first-order chi connectivity index (χ1) is 18.0. The predicted octanol–water partition coefficient (Wildman–Crippen LogP) is 7.03. The number of nitrogens with one attached hydrogen (secondary N) is 2. The molecule has 38 heavy (non-hydrogen) atoms. The normalized spacial score (nSPS) is 12.2. The van der Waals surface area contributed by atoms with Gasteiger partial charge in [0.15, 0.2) is 11.6 Å². The fourth-order valence-corrected chi connectivity index (χ4v) is 4.66. The highest BCUT2D eigenvalue weighted by Crippen LogP contribution is 2.36. The zero-order valence-electron chi connectivity index (χ0n) is 19.4. The van der Waals surface area contributed by atoms with Gasteiger partial charge in [-0.2, -0.15) is 13.2 Å². The molecule has 3 heterocycles. The molecule has 0 unspecified atom stereocenters. The van der Waals surface area contributed by atoms with Gasteiger partial charge in [-0.05, 0) is 30.3 Å². The number of Topliss-reactive ketones (excluding diaryl/α,β-unsaturated/α-hetero) is 1. The van der Waals surface area contributed by atoms with Crippen LogP contribution in [0.15, 0.2) is 55.2 Å². The molecule has 0 saturated carbocycles. The van der Waals surface area contributed by atoms with Crippen LogP contribution in [0.3, 0.4) is 0 Å². The molecule has 0 aliphatic carbocycles. The third kappa shape index (κ3) is 6.44. The number of pyridine rings is 1. The van der Waals surface area contributed by atoms with Gasteiger partial charge < -0.3 is 10.6 Å². The molecule has 8 nitrogen and oxygen atoms in total. The molecule has 14 heteroatoms. The second kappa shape index (κ2) is 11.4. The van der Waals surface area contributed by atoms with E-state index in [4.69, 9.17) is 23.2 Å². The van der Waals surface area contributed by atoms with Gasteiger partial charge in [-0.15, -0.1) is 11.3 Å². The van der Waals surface area contributed by atoms with Crippen LogP contribution in [0.25, 0.3) is 0 Å². The Morgan fingerprint density at radius 2 is 1.79 bits per heavy atom. The SMILES string of the molecule is C[C@@H](CC(=O)c1ncnc(Nc2ccncc2)c1Cl)c1ncc(C(=O)Nc2ccc(Cl)c(C(F)(F)F)c2)s1. The van der Waals surface area contributed by atoms with Gasteiger partial charge in [0.1, 0.15) is 21.9 Å². The molecule has 1 atom stereocenters. The first kappa shape index (κ1) is 27.4. The van der Waals surface area contributed by atoms with Crippen LogP contribution in [0.2, 0.25) is 10.0 Å². The van der Waals surface area contributed by atoms with Crippen molar-refractivity contribution >= 4 is 63.4 Å². The average Bonchev–Trinajstić information content (AvgIpc) is 3.37. The maximum atomic E-state index is 13.1. The summed E-state index contributed by atoms with van der Waals surface area (Å²) in [4.78, 5) is 42.0. The summed E-state index contributed by atoms with van der Waals surface area (Å²) in [5.74, 6) is -1.14. The molecule has 0 aliphatic rings. The van der Waals surface area contributed by atoms with Crippen LogP contribution in [-0.2, 0) is 6.18 Å². The summed E-state index contributed by atoms with van der Waals surface area (Å²) in [7, 11) is 0. The minimum absolute atomic E-state index is 0.00781. The van der Waals surface area contributed by atoms with Gasteiger partial charge in [0.05, 0.1) is 21.8 Å². The molecule has 1 aromatic carbocycles. The van der Waals surface area contributed by atoms with Crippen LogP contribution in [0.4, 0.5) is 30.4 Å². The van der Waals surface area contributed by atoms with Crippen LogP contribution in [0.1, 0.15) is 50.0 Å². The molecule has 0 radical (unpaired) electrons. The van der Waals surface area contributed by atoms with Crippen molar-refractivity contribution in [1.82, 2.24) is 19.9 Å². The lowest BCUT2D eigenvalue weighted by atomic mass is 10.0. The summed E-state index contributed by atoms with van der Waals surface area (Å²) >= 11 is 13.0. The Bertz CT molecular complexity index is 1480. The molecule has 4 rings (SSSR count). The lowest BCUT2D eigenvalue weighted by Crippen LogP contribution is -2.12. The molecular formula is C24H17Cl2F3N6O2S. The summed E-state index contributed by atoms with van der Waals surface area (Å²) in [6, 6.07) is 6.50. The van der Waals surface area contributed by atoms with E-state index in [-0.39, 0.29) is 39.3 Å². The third-order valence-corrected chi connectivity index (χ3v) is 7.10. The number of anilines is 3. The highest BCUT2D eigenvalue weighted by Gasteiger charge is 2.33. The maximum absolute atomic E-state index is 13.1. The number of benzene rings is 1. The van der Waals surface area contributed by atoms with Crippen LogP contribution >= 0.6 is 34.5 Å². The highest BCUT2D eigenvalue weighted by atomic mass is 35.5. The fraction of sp³-hybridized carbons (Fsp3) is 0.167. The first-order valence-electron chi connectivity index (χ1n) is 10.9. The van der Waals surface area contributed by atoms with E-state index in [1.54, 1.807) is 31.5 Å². The van der Waals surface area contributed by atoms with Crippen LogP contribution in [-0.4, -0.2) is 31.6 Å². The summed E-state index contributed by atoms with van der Waals surface area (Å²) < 4.78 is 39.3. The van der Waals surface area contributed by atoms with Crippen molar-refractivity contribution in [3.05, 3.63) is 86.4 Å². The van der Waals surface area contributed by atoms with Crippen LogP contribution in [0, 0.1) is 0 Å². The minimum atomic E-state index is -4.67. The number of aromatic nitrogens is 4. The van der Waals surface area contributed by atoms with Crippen molar-refractivity contribution in [3.8, 4) is 0 Å². The number of ketones is 1. The second-order valence-electron chi connectivity index (χ2n) is 7.98. The topological polar surface area (TPSA) is 110 Å². The van der Waals surface area contributed by atoms with Gasteiger partial charge in [-0.25, -0.2) is 15.0 Å². The van der Waals surface area contributed by atoms with Gasteiger partial charge in [0.2, 0.25) is 0 Å². The largest absolute Gasteiger partial charge is 0.417 e. The number of halogens is 5. The molecule has 2 N–H and O–H groups in total. The molecule has 0 bridgehead atoms. The third-order valence-electron chi connectivity index (χ3n) is 5.19. The van der Waals surface area contributed by atoms with E-state index in [0.717, 1.165) is 23.5 Å². The zero-order chi connectivity index (χ0) is 27.4. The summed E-state index contributed by atoms with van der Waals surface area (Å²) in [6.45, 7) is 1.75. The Morgan fingerprint density at radius 3 is 2.50 bits per heavy atom. The summed E-state index contributed by atoms with van der Waals surface area (Å²) in [5, 5.41) is 5.48. The van der Waals surface area contributed by atoms with Crippen molar-refractivity contribution < 1.29 is 22.8 Å². The van der Waals surface area contributed by atoms with Crippen LogP contribution in [0.5, 0.6) is 0 Å². The lowest BCUT2D eigenvalue weighted by molar-refractivity contribution is -0.137. The number of amides is 1. The monoisotopic (exact) mass is 580 g/mol. The molecule has 0 saturated heterocycles. The second-order valence-corrected chi connectivity index (χ2v) is 9.83. The number of hydrogen-bond donors (Lipinski definition) is 2. The van der Waals surface area contributed by atoms with Gasteiger partial charge in [-0.1, -0.05) is 30.1 Å². The van der Waals surface area contributed by atoms with Crippen molar-refractivity contribution in [3.63, 3.8) is 0 Å². The summed E-state index contributed by atoms with van der Waals surface area (Å²) in [5.41, 5.74) is -0.423. The number of carbonyl (C=O) groups excluding carboxylic acids is 2. The molecule has 4 aromatic rings. The molecule has 1 amide bonds. The molecule has 0 spiro atoms. The maximum Gasteiger partial charge on any atom is 0.417 e. The highest BCUT2D eigenvalue weighted by molar-refractivity contribution is 7.13. The Kier molecular flexibility index (Phi) is 8.24. The Hall–Kier alpha value is -3.61. The number of hydrogen-bond acceptors (Lipinski definition) is 8. The number of alkyl halides is 3.